The first kappa shape index (κ1) is 19.9. The second-order valence-electron chi connectivity index (χ2n) is 5.79. The number of carbonyl (C=O) groups excluding carboxylic acids is 1. The van der Waals surface area contributed by atoms with Gasteiger partial charge in [0.1, 0.15) is 6.10 Å². The predicted octanol–water partition coefficient (Wildman–Crippen LogP) is 3.69. The van der Waals surface area contributed by atoms with Crippen LogP contribution in [-0.2, 0) is 19.6 Å². The van der Waals surface area contributed by atoms with Crippen molar-refractivity contribution in [3.05, 3.63) is 71.8 Å². The molecule has 1 atom stereocenters. The van der Waals surface area contributed by atoms with Gasteiger partial charge in [-0.1, -0.05) is 49.4 Å². The summed E-state index contributed by atoms with van der Waals surface area (Å²) in [6.45, 7) is 4.10. The van der Waals surface area contributed by atoms with Gasteiger partial charge < -0.3 is 4.74 Å². The van der Waals surface area contributed by atoms with E-state index in [2.05, 4.69) is 4.72 Å². The lowest BCUT2D eigenvalue weighted by molar-refractivity contribution is -0.142. The lowest BCUT2D eigenvalue weighted by Gasteiger charge is -2.11. The number of hydrogen-bond acceptors (Lipinski definition) is 4. The van der Waals surface area contributed by atoms with Crippen LogP contribution in [0.3, 0.4) is 0 Å². The highest BCUT2D eigenvalue weighted by Crippen LogP contribution is 2.17. The summed E-state index contributed by atoms with van der Waals surface area (Å²) in [7, 11) is -3.48. The molecule has 0 heterocycles. The Morgan fingerprint density at radius 2 is 1.77 bits per heavy atom. The lowest BCUT2D eigenvalue weighted by Crippen LogP contribution is -2.24. The minimum absolute atomic E-state index is 0.198. The number of rotatable bonds is 8. The van der Waals surface area contributed by atoms with Crippen molar-refractivity contribution in [2.45, 2.75) is 31.3 Å². The highest BCUT2D eigenvalue weighted by molar-refractivity contribution is 7.89. The van der Waals surface area contributed by atoms with Gasteiger partial charge >= 0.3 is 5.97 Å². The molecule has 5 nitrogen and oxygen atoms in total. The number of carbonyl (C=O) groups is 1. The Morgan fingerprint density at radius 1 is 1.12 bits per heavy atom. The summed E-state index contributed by atoms with van der Waals surface area (Å²) in [4.78, 5) is 12.1. The SMILES string of the molecule is CCCNS(=O)(=O)c1ccc(/C=C/C(=O)OC(C)c2ccccc2)cc1. The van der Waals surface area contributed by atoms with Crippen molar-refractivity contribution in [1.82, 2.24) is 4.72 Å². The average molecular weight is 373 g/mol. The average Bonchev–Trinajstić information content (AvgIpc) is 2.66. The van der Waals surface area contributed by atoms with Gasteiger partial charge in [-0.2, -0.15) is 0 Å². The van der Waals surface area contributed by atoms with Gasteiger partial charge in [0.05, 0.1) is 4.90 Å². The number of ether oxygens (including phenoxy) is 1. The van der Waals surface area contributed by atoms with Crippen LogP contribution in [0.1, 0.15) is 37.5 Å². The molecular formula is C20H23NO4S. The quantitative estimate of drug-likeness (QED) is 0.566. The minimum atomic E-state index is -3.48. The molecule has 0 saturated heterocycles. The Kier molecular flexibility index (Phi) is 7.12. The molecule has 6 heteroatoms. The van der Waals surface area contributed by atoms with Crippen LogP contribution in [0, 0.1) is 0 Å². The first-order chi connectivity index (χ1) is 12.4. The molecule has 0 bridgehead atoms. The van der Waals surface area contributed by atoms with E-state index >= 15 is 0 Å². The maximum Gasteiger partial charge on any atom is 0.331 e. The van der Waals surface area contributed by atoms with Crippen LogP contribution in [0.25, 0.3) is 6.08 Å². The molecule has 0 saturated carbocycles. The molecule has 0 spiro atoms. The normalized spacial score (nSPS) is 12.8. The van der Waals surface area contributed by atoms with Gasteiger partial charge in [0.15, 0.2) is 0 Å². The second-order valence-corrected chi connectivity index (χ2v) is 7.56. The summed E-state index contributed by atoms with van der Waals surface area (Å²) < 4.78 is 31.9. The molecule has 1 N–H and O–H groups in total. The van der Waals surface area contributed by atoms with Crippen LogP contribution < -0.4 is 4.72 Å². The largest absolute Gasteiger partial charge is 0.455 e. The van der Waals surface area contributed by atoms with E-state index < -0.39 is 16.0 Å². The Bertz CT molecular complexity index is 843. The maximum absolute atomic E-state index is 12.0. The second kappa shape index (κ2) is 9.31. The van der Waals surface area contributed by atoms with E-state index in [4.69, 9.17) is 4.74 Å². The summed E-state index contributed by atoms with van der Waals surface area (Å²) in [5, 5.41) is 0. The van der Waals surface area contributed by atoms with E-state index in [1.807, 2.05) is 44.2 Å². The Balaban J connectivity index is 1.96. The number of hydrogen-bond donors (Lipinski definition) is 1. The van der Waals surface area contributed by atoms with Crippen molar-refractivity contribution in [3.63, 3.8) is 0 Å². The van der Waals surface area contributed by atoms with E-state index in [1.165, 1.54) is 18.2 Å². The summed E-state index contributed by atoms with van der Waals surface area (Å²) in [5.74, 6) is -0.456. The molecule has 0 fully saturated rings. The predicted molar refractivity (Wildman–Crippen MR) is 102 cm³/mol. The monoisotopic (exact) mass is 373 g/mol. The van der Waals surface area contributed by atoms with Crippen molar-refractivity contribution >= 4 is 22.1 Å². The van der Waals surface area contributed by atoms with E-state index in [0.717, 1.165) is 12.0 Å². The van der Waals surface area contributed by atoms with Gasteiger partial charge in [0.25, 0.3) is 0 Å². The number of sulfonamides is 1. The lowest BCUT2D eigenvalue weighted by atomic mass is 10.1. The molecule has 26 heavy (non-hydrogen) atoms. The standard InChI is InChI=1S/C20H23NO4S/c1-3-15-21-26(23,24)19-12-9-17(10-13-19)11-14-20(22)25-16(2)18-7-5-4-6-8-18/h4-14,16,21H,3,15H2,1-2H3/b14-11+. The zero-order valence-electron chi connectivity index (χ0n) is 14.9. The topological polar surface area (TPSA) is 72.5 Å². The van der Waals surface area contributed by atoms with Gasteiger partial charge in [-0.3, -0.25) is 0 Å². The fraction of sp³-hybridized carbons (Fsp3) is 0.250. The summed E-state index contributed by atoms with van der Waals surface area (Å²) in [5.41, 5.74) is 1.63. The van der Waals surface area contributed by atoms with E-state index in [-0.39, 0.29) is 11.0 Å². The molecular weight excluding hydrogens is 350 g/mol. The number of esters is 1. The first-order valence-corrected chi connectivity index (χ1v) is 9.94. The van der Waals surface area contributed by atoms with Crippen molar-refractivity contribution < 1.29 is 17.9 Å². The van der Waals surface area contributed by atoms with E-state index in [0.29, 0.717) is 12.1 Å². The fourth-order valence-electron chi connectivity index (χ4n) is 2.25. The molecule has 0 aliphatic carbocycles. The third-order valence-corrected chi connectivity index (χ3v) is 5.18. The molecule has 0 radical (unpaired) electrons. The van der Waals surface area contributed by atoms with Crippen LogP contribution in [0.5, 0.6) is 0 Å². The fourth-order valence-corrected chi connectivity index (χ4v) is 3.38. The summed E-state index contributed by atoms with van der Waals surface area (Å²) >= 11 is 0. The molecule has 2 aromatic carbocycles. The van der Waals surface area contributed by atoms with E-state index in [9.17, 15) is 13.2 Å². The van der Waals surface area contributed by atoms with Crippen LogP contribution in [-0.4, -0.2) is 20.9 Å². The van der Waals surface area contributed by atoms with Gasteiger partial charge in [0.2, 0.25) is 10.0 Å². The molecule has 138 valence electrons. The van der Waals surface area contributed by atoms with Gasteiger partial charge in [-0.25, -0.2) is 17.9 Å². The van der Waals surface area contributed by atoms with Crippen LogP contribution in [0.2, 0.25) is 0 Å². The molecule has 1 unspecified atom stereocenters. The third-order valence-electron chi connectivity index (χ3n) is 3.71. The number of nitrogens with one attached hydrogen (secondary N) is 1. The Morgan fingerprint density at radius 3 is 2.38 bits per heavy atom. The molecule has 0 aliphatic rings. The molecule has 2 rings (SSSR count). The van der Waals surface area contributed by atoms with Crippen LogP contribution in [0.4, 0.5) is 0 Å². The van der Waals surface area contributed by atoms with Crippen molar-refractivity contribution in [1.29, 1.82) is 0 Å². The van der Waals surface area contributed by atoms with Crippen LogP contribution >= 0.6 is 0 Å². The first-order valence-electron chi connectivity index (χ1n) is 8.45. The summed E-state index contributed by atoms with van der Waals surface area (Å²) in [6.07, 6.45) is 3.31. The van der Waals surface area contributed by atoms with Crippen molar-refractivity contribution in [3.8, 4) is 0 Å². The molecule has 0 amide bonds. The molecule has 0 aliphatic heterocycles. The number of benzene rings is 2. The van der Waals surface area contributed by atoms with Crippen molar-refractivity contribution in [2.75, 3.05) is 6.54 Å². The maximum atomic E-state index is 12.0. The third kappa shape index (κ3) is 5.82. The van der Waals surface area contributed by atoms with Crippen LogP contribution in [0.15, 0.2) is 65.6 Å². The Labute approximate surface area is 154 Å². The van der Waals surface area contributed by atoms with Crippen molar-refractivity contribution in [2.24, 2.45) is 0 Å². The Hall–Kier alpha value is -2.44. The highest BCUT2D eigenvalue weighted by Gasteiger charge is 2.12. The zero-order chi connectivity index (χ0) is 19.0. The van der Waals surface area contributed by atoms with Gasteiger partial charge in [-0.05, 0) is 42.7 Å². The smallest absolute Gasteiger partial charge is 0.331 e. The summed E-state index contributed by atoms with van der Waals surface area (Å²) in [6, 6.07) is 15.8. The van der Waals surface area contributed by atoms with Gasteiger partial charge in [-0.15, -0.1) is 0 Å². The highest BCUT2D eigenvalue weighted by atomic mass is 32.2. The van der Waals surface area contributed by atoms with Gasteiger partial charge in [0, 0.05) is 12.6 Å². The molecule has 2 aromatic rings. The van der Waals surface area contributed by atoms with E-state index in [1.54, 1.807) is 18.2 Å². The zero-order valence-corrected chi connectivity index (χ0v) is 15.7. The molecule has 0 aromatic heterocycles. The minimum Gasteiger partial charge on any atom is -0.455 e.